The standard InChI is InChI=1S/C15H25N/c1-2-3-8-13-9-6-4-5-7-10-15-14(13)11-12-16-15/h11-13,16H,2-10H2,1H3. The van der Waals surface area contributed by atoms with Gasteiger partial charge in [-0.3, -0.25) is 0 Å². The number of aryl methyl sites for hydroxylation is 1. The van der Waals surface area contributed by atoms with Gasteiger partial charge >= 0.3 is 0 Å². The quantitative estimate of drug-likeness (QED) is 0.752. The van der Waals surface area contributed by atoms with E-state index in [4.69, 9.17) is 0 Å². The maximum atomic E-state index is 3.46. The Bertz CT molecular complexity index is 300. The molecule has 1 unspecified atom stereocenters. The van der Waals surface area contributed by atoms with Crippen molar-refractivity contribution in [3.05, 3.63) is 23.5 Å². The first kappa shape index (κ1) is 11.8. The third kappa shape index (κ3) is 2.90. The molecular weight excluding hydrogens is 194 g/mol. The van der Waals surface area contributed by atoms with Crippen LogP contribution in [0.15, 0.2) is 12.3 Å². The Balaban J connectivity index is 2.09. The van der Waals surface area contributed by atoms with Gasteiger partial charge in [0.15, 0.2) is 0 Å². The fourth-order valence-corrected chi connectivity index (χ4v) is 2.97. The normalized spacial score (nSPS) is 21.9. The van der Waals surface area contributed by atoms with Crippen LogP contribution in [0, 0.1) is 0 Å². The highest BCUT2D eigenvalue weighted by molar-refractivity contribution is 5.25. The molecule has 1 aromatic heterocycles. The summed E-state index contributed by atoms with van der Waals surface area (Å²) in [4.78, 5) is 3.46. The van der Waals surface area contributed by atoms with Crippen LogP contribution in [0.2, 0.25) is 0 Å². The smallest absolute Gasteiger partial charge is 0.0182 e. The number of fused-ring (bicyclic) bond motifs is 1. The molecule has 0 aromatic carbocycles. The lowest BCUT2D eigenvalue weighted by atomic mass is 9.89. The lowest BCUT2D eigenvalue weighted by Gasteiger charge is -2.16. The minimum absolute atomic E-state index is 0.833. The van der Waals surface area contributed by atoms with E-state index in [0.29, 0.717) is 0 Å². The molecule has 0 bridgehead atoms. The van der Waals surface area contributed by atoms with Gasteiger partial charge in [-0.15, -0.1) is 0 Å². The molecule has 0 radical (unpaired) electrons. The minimum Gasteiger partial charge on any atom is -0.365 e. The number of rotatable bonds is 3. The summed E-state index contributed by atoms with van der Waals surface area (Å²) >= 11 is 0. The van der Waals surface area contributed by atoms with Crippen LogP contribution in [0.25, 0.3) is 0 Å². The van der Waals surface area contributed by atoms with Crippen LogP contribution in [0.5, 0.6) is 0 Å². The predicted octanol–water partition coefficient (Wildman–Crippen LogP) is 4.80. The monoisotopic (exact) mass is 219 g/mol. The fourth-order valence-electron chi connectivity index (χ4n) is 2.97. The molecule has 0 saturated carbocycles. The van der Waals surface area contributed by atoms with Crippen LogP contribution in [0.3, 0.4) is 0 Å². The predicted molar refractivity (Wildman–Crippen MR) is 69.8 cm³/mol. The highest BCUT2D eigenvalue weighted by Gasteiger charge is 2.16. The molecule has 1 aliphatic carbocycles. The van der Waals surface area contributed by atoms with Crippen molar-refractivity contribution in [3.8, 4) is 0 Å². The summed E-state index contributed by atoms with van der Waals surface area (Å²) in [7, 11) is 0. The van der Waals surface area contributed by atoms with E-state index in [0.717, 1.165) is 5.92 Å². The van der Waals surface area contributed by atoms with Crippen LogP contribution < -0.4 is 0 Å². The molecule has 1 heterocycles. The molecule has 2 rings (SSSR count). The summed E-state index contributed by atoms with van der Waals surface area (Å²) < 4.78 is 0. The molecule has 1 nitrogen and oxygen atoms in total. The molecule has 1 atom stereocenters. The van der Waals surface area contributed by atoms with E-state index >= 15 is 0 Å². The van der Waals surface area contributed by atoms with Gasteiger partial charge in [-0.05, 0) is 43.2 Å². The summed E-state index contributed by atoms with van der Waals surface area (Å²) in [5.41, 5.74) is 3.17. The summed E-state index contributed by atoms with van der Waals surface area (Å²) in [6.07, 6.45) is 14.6. The summed E-state index contributed by atoms with van der Waals surface area (Å²) in [6, 6.07) is 2.33. The van der Waals surface area contributed by atoms with E-state index in [9.17, 15) is 0 Å². The van der Waals surface area contributed by atoms with Crippen molar-refractivity contribution in [2.75, 3.05) is 0 Å². The van der Waals surface area contributed by atoms with Crippen molar-refractivity contribution in [1.82, 2.24) is 4.98 Å². The SMILES string of the molecule is CCCCC1CCCCCCc2[nH]ccc21. The van der Waals surface area contributed by atoms with Gasteiger partial charge in [0.25, 0.3) is 0 Å². The molecule has 1 aliphatic rings. The number of H-pyrrole nitrogens is 1. The van der Waals surface area contributed by atoms with E-state index < -0.39 is 0 Å². The molecule has 90 valence electrons. The zero-order valence-corrected chi connectivity index (χ0v) is 10.6. The Morgan fingerprint density at radius 3 is 3.00 bits per heavy atom. The maximum Gasteiger partial charge on any atom is 0.0182 e. The lowest BCUT2D eigenvalue weighted by Crippen LogP contribution is -2.01. The van der Waals surface area contributed by atoms with Crippen molar-refractivity contribution in [3.63, 3.8) is 0 Å². The molecule has 0 saturated heterocycles. The number of hydrogen-bond donors (Lipinski definition) is 1. The maximum absolute atomic E-state index is 3.46. The number of hydrogen-bond acceptors (Lipinski definition) is 0. The minimum atomic E-state index is 0.833. The van der Waals surface area contributed by atoms with Gasteiger partial charge in [0, 0.05) is 11.9 Å². The van der Waals surface area contributed by atoms with Crippen LogP contribution >= 0.6 is 0 Å². The molecule has 0 amide bonds. The number of aromatic nitrogens is 1. The zero-order valence-electron chi connectivity index (χ0n) is 10.6. The fraction of sp³-hybridized carbons (Fsp3) is 0.733. The van der Waals surface area contributed by atoms with Crippen molar-refractivity contribution < 1.29 is 0 Å². The second-order valence-corrected chi connectivity index (χ2v) is 5.20. The molecule has 0 spiro atoms. The number of aromatic amines is 1. The van der Waals surface area contributed by atoms with E-state index in [1.807, 2.05) is 0 Å². The topological polar surface area (TPSA) is 15.8 Å². The Morgan fingerprint density at radius 1 is 1.25 bits per heavy atom. The molecule has 1 heteroatoms. The first-order valence-corrected chi connectivity index (χ1v) is 7.08. The summed E-state index contributed by atoms with van der Waals surface area (Å²) in [5.74, 6) is 0.833. The molecule has 1 aromatic rings. The van der Waals surface area contributed by atoms with Crippen LogP contribution in [0.1, 0.15) is 75.5 Å². The number of nitrogens with one attached hydrogen (secondary N) is 1. The van der Waals surface area contributed by atoms with E-state index in [2.05, 4.69) is 24.2 Å². The van der Waals surface area contributed by atoms with Gasteiger partial charge in [-0.25, -0.2) is 0 Å². The molecule has 1 N–H and O–H groups in total. The van der Waals surface area contributed by atoms with Crippen molar-refractivity contribution >= 4 is 0 Å². The van der Waals surface area contributed by atoms with E-state index in [-0.39, 0.29) is 0 Å². The van der Waals surface area contributed by atoms with Crippen molar-refractivity contribution in [1.29, 1.82) is 0 Å². The Morgan fingerprint density at radius 2 is 2.12 bits per heavy atom. The third-order valence-corrected chi connectivity index (χ3v) is 3.94. The highest BCUT2D eigenvalue weighted by atomic mass is 14.7. The molecule has 16 heavy (non-hydrogen) atoms. The molecular formula is C15H25N. The van der Waals surface area contributed by atoms with E-state index in [1.165, 1.54) is 63.5 Å². The average molecular weight is 219 g/mol. The van der Waals surface area contributed by atoms with Gasteiger partial charge in [0.05, 0.1) is 0 Å². The van der Waals surface area contributed by atoms with Crippen LogP contribution in [-0.4, -0.2) is 4.98 Å². The largest absolute Gasteiger partial charge is 0.365 e. The second-order valence-electron chi connectivity index (χ2n) is 5.20. The van der Waals surface area contributed by atoms with Gasteiger partial charge < -0.3 is 4.98 Å². The highest BCUT2D eigenvalue weighted by Crippen LogP contribution is 2.32. The van der Waals surface area contributed by atoms with Gasteiger partial charge in [0.2, 0.25) is 0 Å². The van der Waals surface area contributed by atoms with Crippen LogP contribution in [-0.2, 0) is 6.42 Å². The van der Waals surface area contributed by atoms with Crippen molar-refractivity contribution in [2.45, 2.75) is 70.6 Å². The number of unbranched alkanes of at least 4 members (excludes halogenated alkanes) is 1. The Hall–Kier alpha value is -0.720. The lowest BCUT2D eigenvalue weighted by molar-refractivity contribution is 0.515. The zero-order chi connectivity index (χ0) is 11.2. The van der Waals surface area contributed by atoms with Gasteiger partial charge in [-0.2, -0.15) is 0 Å². The molecule has 0 fully saturated rings. The van der Waals surface area contributed by atoms with Crippen molar-refractivity contribution in [2.24, 2.45) is 0 Å². The first-order valence-electron chi connectivity index (χ1n) is 7.08. The molecule has 0 aliphatic heterocycles. The Labute approximate surface area is 99.6 Å². The van der Waals surface area contributed by atoms with Gasteiger partial charge in [-0.1, -0.05) is 39.0 Å². The van der Waals surface area contributed by atoms with Crippen LogP contribution in [0.4, 0.5) is 0 Å². The first-order chi connectivity index (χ1) is 7.92. The Kier molecular flexibility index (Phi) is 4.50. The summed E-state index contributed by atoms with van der Waals surface area (Å²) in [5, 5.41) is 0. The van der Waals surface area contributed by atoms with Gasteiger partial charge in [0.1, 0.15) is 0 Å². The third-order valence-electron chi connectivity index (χ3n) is 3.94. The van der Waals surface area contributed by atoms with E-state index in [1.54, 1.807) is 5.56 Å². The average Bonchev–Trinajstić information content (AvgIpc) is 2.76. The second kappa shape index (κ2) is 6.12. The summed E-state index contributed by atoms with van der Waals surface area (Å²) in [6.45, 7) is 2.30.